The van der Waals surface area contributed by atoms with Crippen LogP contribution in [0.15, 0.2) is 60.7 Å². The van der Waals surface area contributed by atoms with E-state index in [1.54, 1.807) is 24.3 Å². The number of rotatable bonds is 12. The average Bonchev–Trinajstić information content (AvgIpc) is 2.72. The van der Waals surface area contributed by atoms with Gasteiger partial charge in [-0.3, -0.25) is 0 Å². The van der Waals surface area contributed by atoms with Gasteiger partial charge in [-0.15, -0.1) is 0 Å². The molecule has 0 aliphatic carbocycles. The third-order valence-electron chi connectivity index (χ3n) is 4.02. The summed E-state index contributed by atoms with van der Waals surface area (Å²) in [6.45, 7) is 7.89. The molecular formula is C24H32FNO4. The van der Waals surface area contributed by atoms with E-state index in [9.17, 15) is 9.18 Å². The highest BCUT2D eigenvalue weighted by molar-refractivity contribution is 5.87. The van der Waals surface area contributed by atoms with Crippen LogP contribution in [0.5, 0.6) is 5.75 Å². The number of carbonyl (C=O) groups is 1. The molecule has 5 nitrogen and oxygen atoms in total. The summed E-state index contributed by atoms with van der Waals surface area (Å²) in [5, 5.41) is 8.80. The number of nitrogen functional groups attached to an aromatic ring is 1. The van der Waals surface area contributed by atoms with Crippen molar-refractivity contribution in [1.29, 1.82) is 0 Å². The SMILES string of the molecule is C=C(C)COCCCCCCCOc1ccc(C(=O)O)cc1.Nc1ccc(F)cc1. The Morgan fingerprint density at radius 2 is 1.53 bits per heavy atom. The highest BCUT2D eigenvalue weighted by Crippen LogP contribution is 2.13. The van der Waals surface area contributed by atoms with E-state index < -0.39 is 5.97 Å². The summed E-state index contributed by atoms with van der Waals surface area (Å²) in [6, 6.07) is 12.2. The Morgan fingerprint density at radius 3 is 2.07 bits per heavy atom. The Bertz CT molecular complexity index is 724. The molecule has 0 aliphatic rings. The van der Waals surface area contributed by atoms with Crippen LogP contribution in [0.25, 0.3) is 0 Å². The number of ether oxygens (including phenoxy) is 2. The van der Waals surface area contributed by atoms with Crippen molar-refractivity contribution in [3.63, 3.8) is 0 Å². The molecule has 2 rings (SSSR count). The number of halogens is 1. The quantitative estimate of drug-likeness (QED) is 0.262. The molecule has 0 atom stereocenters. The molecule has 0 aromatic heterocycles. The molecule has 2 aromatic rings. The highest BCUT2D eigenvalue weighted by atomic mass is 19.1. The molecule has 0 unspecified atom stereocenters. The van der Waals surface area contributed by atoms with Crippen molar-refractivity contribution in [2.24, 2.45) is 0 Å². The summed E-state index contributed by atoms with van der Waals surface area (Å²) >= 11 is 0. The van der Waals surface area contributed by atoms with Crippen molar-refractivity contribution in [2.45, 2.75) is 39.0 Å². The predicted octanol–water partition coefficient (Wildman–Crippen LogP) is 5.71. The van der Waals surface area contributed by atoms with Gasteiger partial charge in [0.25, 0.3) is 0 Å². The van der Waals surface area contributed by atoms with E-state index in [0.717, 1.165) is 37.2 Å². The minimum Gasteiger partial charge on any atom is -0.494 e. The van der Waals surface area contributed by atoms with Crippen LogP contribution in [0.1, 0.15) is 49.4 Å². The molecule has 0 saturated carbocycles. The van der Waals surface area contributed by atoms with Crippen molar-refractivity contribution in [3.05, 3.63) is 72.1 Å². The second kappa shape index (κ2) is 15.0. The third kappa shape index (κ3) is 12.6. The smallest absolute Gasteiger partial charge is 0.335 e. The van der Waals surface area contributed by atoms with Crippen LogP contribution in [0, 0.1) is 5.82 Å². The maximum Gasteiger partial charge on any atom is 0.335 e. The Labute approximate surface area is 178 Å². The highest BCUT2D eigenvalue weighted by Gasteiger charge is 2.01. The number of anilines is 1. The lowest BCUT2D eigenvalue weighted by Gasteiger charge is -2.07. The van der Waals surface area contributed by atoms with E-state index in [4.69, 9.17) is 20.3 Å². The second-order valence-electron chi connectivity index (χ2n) is 7.01. The standard InChI is InChI=1S/C18H26O4.C6H6FN/c1-15(2)14-21-12-6-4-3-5-7-13-22-17-10-8-16(9-11-17)18(19)20;7-5-1-3-6(8)4-2-5/h8-11H,1,3-7,12-14H2,2H3,(H,19,20);1-4H,8H2. The number of nitrogens with two attached hydrogens (primary N) is 1. The van der Waals surface area contributed by atoms with Crippen LogP contribution in [0.2, 0.25) is 0 Å². The first-order valence-electron chi connectivity index (χ1n) is 10.1. The second-order valence-corrected chi connectivity index (χ2v) is 7.01. The number of benzene rings is 2. The molecule has 0 heterocycles. The van der Waals surface area contributed by atoms with Gasteiger partial charge in [0, 0.05) is 12.3 Å². The van der Waals surface area contributed by atoms with Crippen LogP contribution in [0.3, 0.4) is 0 Å². The van der Waals surface area contributed by atoms with Crippen LogP contribution in [0.4, 0.5) is 10.1 Å². The summed E-state index contributed by atoms with van der Waals surface area (Å²) in [6.07, 6.45) is 5.58. The van der Waals surface area contributed by atoms with Gasteiger partial charge in [-0.05, 0) is 68.3 Å². The van der Waals surface area contributed by atoms with Crippen LogP contribution >= 0.6 is 0 Å². The molecule has 0 aliphatic heterocycles. The largest absolute Gasteiger partial charge is 0.494 e. The van der Waals surface area contributed by atoms with Gasteiger partial charge in [0.2, 0.25) is 0 Å². The Balaban J connectivity index is 0.000000467. The number of unbranched alkanes of at least 4 members (excludes halogenated alkanes) is 4. The molecular weight excluding hydrogens is 385 g/mol. The van der Waals surface area contributed by atoms with Crippen molar-refractivity contribution < 1.29 is 23.8 Å². The number of carboxylic acid groups (broad SMARTS) is 1. The van der Waals surface area contributed by atoms with E-state index in [-0.39, 0.29) is 11.4 Å². The van der Waals surface area contributed by atoms with E-state index in [1.807, 2.05) is 6.92 Å². The van der Waals surface area contributed by atoms with Crippen molar-refractivity contribution in [3.8, 4) is 5.75 Å². The Hall–Kier alpha value is -2.86. The Morgan fingerprint density at radius 1 is 0.967 bits per heavy atom. The zero-order valence-corrected chi connectivity index (χ0v) is 17.6. The first kappa shape index (κ1) is 25.2. The molecule has 0 amide bonds. The average molecular weight is 418 g/mol. The minimum atomic E-state index is -0.918. The molecule has 164 valence electrons. The topological polar surface area (TPSA) is 81.8 Å². The van der Waals surface area contributed by atoms with Crippen molar-refractivity contribution in [2.75, 3.05) is 25.6 Å². The number of hydrogen-bond acceptors (Lipinski definition) is 4. The van der Waals surface area contributed by atoms with Gasteiger partial charge in [0.05, 0.1) is 18.8 Å². The number of carboxylic acids is 1. The van der Waals surface area contributed by atoms with Crippen molar-refractivity contribution in [1.82, 2.24) is 0 Å². The maximum absolute atomic E-state index is 12.0. The lowest BCUT2D eigenvalue weighted by molar-refractivity contribution is 0.0697. The fraction of sp³-hybridized carbons (Fsp3) is 0.375. The lowest BCUT2D eigenvalue weighted by atomic mass is 10.1. The first-order chi connectivity index (χ1) is 14.4. The summed E-state index contributed by atoms with van der Waals surface area (Å²) < 4.78 is 23.1. The molecule has 30 heavy (non-hydrogen) atoms. The summed E-state index contributed by atoms with van der Waals surface area (Å²) in [7, 11) is 0. The number of aromatic carboxylic acids is 1. The normalized spacial score (nSPS) is 10.1. The summed E-state index contributed by atoms with van der Waals surface area (Å²) in [5.41, 5.74) is 7.19. The van der Waals surface area contributed by atoms with E-state index >= 15 is 0 Å². The summed E-state index contributed by atoms with van der Waals surface area (Å²) in [4.78, 5) is 10.7. The van der Waals surface area contributed by atoms with E-state index in [2.05, 4.69) is 6.58 Å². The molecule has 0 spiro atoms. The molecule has 3 N–H and O–H groups in total. The van der Waals surface area contributed by atoms with Crippen molar-refractivity contribution >= 4 is 11.7 Å². The molecule has 0 fully saturated rings. The van der Waals surface area contributed by atoms with E-state index in [1.165, 1.54) is 37.1 Å². The lowest BCUT2D eigenvalue weighted by Crippen LogP contribution is -2.00. The van der Waals surface area contributed by atoms with Gasteiger partial charge in [-0.1, -0.05) is 31.4 Å². The monoisotopic (exact) mass is 417 g/mol. The van der Waals surface area contributed by atoms with E-state index in [0.29, 0.717) is 18.9 Å². The third-order valence-corrected chi connectivity index (χ3v) is 4.02. The fourth-order valence-corrected chi connectivity index (χ4v) is 2.43. The zero-order chi connectivity index (χ0) is 22.2. The minimum absolute atomic E-state index is 0.251. The van der Waals surface area contributed by atoms with Crippen LogP contribution in [-0.2, 0) is 4.74 Å². The van der Waals surface area contributed by atoms with Gasteiger partial charge in [0.1, 0.15) is 11.6 Å². The summed E-state index contributed by atoms with van der Waals surface area (Å²) in [5.74, 6) is -0.448. The van der Waals surface area contributed by atoms with Gasteiger partial charge in [-0.2, -0.15) is 0 Å². The molecule has 6 heteroatoms. The molecule has 0 radical (unpaired) electrons. The number of hydrogen-bond donors (Lipinski definition) is 2. The van der Waals surface area contributed by atoms with Crippen LogP contribution < -0.4 is 10.5 Å². The Kier molecular flexibility index (Phi) is 12.6. The first-order valence-corrected chi connectivity index (χ1v) is 10.1. The van der Waals surface area contributed by atoms with Gasteiger partial charge < -0.3 is 20.3 Å². The molecule has 0 saturated heterocycles. The fourth-order valence-electron chi connectivity index (χ4n) is 2.43. The van der Waals surface area contributed by atoms with Gasteiger partial charge in [-0.25, -0.2) is 9.18 Å². The predicted molar refractivity (Wildman–Crippen MR) is 118 cm³/mol. The van der Waals surface area contributed by atoms with Gasteiger partial charge in [0.15, 0.2) is 0 Å². The van der Waals surface area contributed by atoms with Gasteiger partial charge >= 0.3 is 5.97 Å². The molecule has 0 bridgehead atoms. The molecule has 2 aromatic carbocycles. The maximum atomic E-state index is 12.0. The van der Waals surface area contributed by atoms with Crippen LogP contribution in [-0.4, -0.2) is 30.9 Å². The zero-order valence-electron chi connectivity index (χ0n) is 17.6.